The normalized spacial score (nSPS) is 8.52. The molecule has 0 radical (unpaired) electrons. The van der Waals surface area contributed by atoms with Crippen molar-refractivity contribution in [3.05, 3.63) is 75.2 Å². The molecule has 0 fully saturated rings. The number of pyridine rings is 1. The fourth-order valence-corrected chi connectivity index (χ4v) is 1.32. The zero-order chi connectivity index (χ0) is 14.8. The molecule has 2 aromatic rings. The van der Waals surface area contributed by atoms with Gasteiger partial charge in [-0.2, -0.15) is 0 Å². The van der Waals surface area contributed by atoms with Gasteiger partial charge in [0, 0.05) is 12.4 Å². The van der Waals surface area contributed by atoms with E-state index in [2.05, 4.69) is 9.98 Å². The fourth-order valence-electron chi connectivity index (χ4n) is 1.32. The van der Waals surface area contributed by atoms with Crippen LogP contribution in [0.3, 0.4) is 0 Å². The molecule has 1 aromatic heterocycles. The Hall–Kier alpha value is -2.55. The summed E-state index contributed by atoms with van der Waals surface area (Å²) in [5.41, 5.74) is 1.50. The minimum absolute atomic E-state index is 0. The zero-order valence-corrected chi connectivity index (χ0v) is 12.8. The van der Waals surface area contributed by atoms with Crippen molar-refractivity contribution < 1.29 is 37.6 Å². The van der Waals surface area contributed by atoms with Gasteiger partial charge in [0.1, 0.15) is 0 Å². The Bertz CT molecular complexity index is 579. The van der Waals surface area contributed by atoms with Crippen LogP contribution in [0.4, 0.5) is 0 Å². The molecule has 0 aliphatic rings. The number of aromatic nitrogens is 1. The molecule has 0 unspecified atom stereocenters. The number of nitrogens with zero attached hydrogens (tertiary/aromatic N) is 3. The second kappa shape index (κ2) is 14.4. The van der Waals surface area contributed by atoms with Gasteiger partial charge in [0.2, 0.25) is 0 Å². The summed E-state index contributed by atoms with van der Waals surface area (Å²) in [6.45, 7) is 0.495. The van der Waals surface area contributed by atoms with Gasteiger partial charge < -0.3 is 31.4 Å². The Labute approximate surface area is 142 Å². The molecule has 0 aliphatic heterocycles. The molecule has 0 spiro atoms. The topological polar surface area (TPSA) is 179 Å². The maximum Gasteiger partial charge on any atom is 2.00 e. The molecule has 5 N–H and O–H groups in total. The predicted octanol–water partition coefficient (Wildman–Crippen LogP) is -0.214. The van der Waals surface area contributed by atoms with Gasteiger partial charge >= 0.3 is 16.5 Å². The molecule has 0 amide bonds. The SMILES string of the molecule is O.O=[N+]([O-])[O-].[Ni+2].[O-]c1ccccc1C=NCc1ccccn1.[OH3+]. The van der Waals surface area contributed by atoms with E-state index in [0.29, 0.717) is 12.1 Å². The summed E-state index contributed by atoms with van der Waals surface area (Å²) in [7, 11) is 0. The van der Waals surface area contributed by atoms with Crippen LogP contribution in [0.2, 0.25) is 0 Å². The Balaban J connectivity index is -0.000000517. The number of rotatable bonds is 3. The van der Waals surface area contributed by atoms with Crippen molar-refractivity contribution >= 4 is 6.21 Å². The smallest absolute Gasteiger partial charge is 0.872 e. The predicted molar refractivity (Wildman–Crippen MR) is 80.3 cm³/mol. The van der Waals surface area contributed by atoms with Gasteiger partial charge in [-0.25, -0.2) is 0 Å². The molecular formula is C13H16N3NiO6+. The van der Waals surface area contributed by atoms with Gasteiger partial charge in [-0.1, -0.05) is 30.3 Å². The van der Waals surface area contributed by atoms with E-state index in [1.54, 1.807) is 24.5 Å². The Morgan fingerprint density at radius 3 is 2.22 bits per heavy atom. The first-order chi connectivity index (χ1) is 9.59. The third-order valence-corrected chi connectivity index (χ3v) is 2.13. The molecule has 0 saturated heterocycles. The molecular weight excluding hydrogens is 353 g/mol. The van der Waals surface area contributed by atoms with Crippen LogP contribution in [0, 0.1) is 15.3 Å². The molecule has 1 heterocycles. The van der Waals surface area contributed by atoms with Crippen molar-refractivity contribution in [1.82, 2.24) is 4.98 Å². The average Bonchev–Trinajstić information content (AvgIpc) is 2.42. The minimum atomic E-state index is -1.75. The number of benzene rings is 1. The van der Waals surface area contributed by atoms with E-state index in [9.17, 15) is 5.11 Å². The van der Waals surface area contributed by atoms with E-state index in [1.807, 2.05) is 24.3 Å². The number of hydrogen-bond acceptors (Lipinski definition) is 6. The molecule has 23 heavy (non-hydrogen) atoms. The van der Waals surface area contributed by atoms with Crippen LogP contribution in [0.1, 0.15) is 11.3 Å². The zero-order valence-electron chi connectivity index (χ0n) is 11.8. The Morgan fingerprint density at radius 1 is 1.13 bits per heavy atom. The molecule has 0 bridgehead atoms. The van der Waals surface area contributed by atoms with Gasteiger partial charge in [0.05, 0.1) is 17.3 Å². The second-order valence-electron chi connectivity index (χ2n) is 3.55. The first-order valence-corrected chi connectivity index (χ1v) is 5.57. The summed E-state index contributed by atoms with van der Waals surface area (Å²) in [4.78, 5) is 16.6. The van der Waals surface area contributed by atoms with Gasteiger partial charge in [0.25, 0.3) is 0 Å². The van der Waals surface area contributed by atoms with E-state index < -0.39 is 5.09 Å². The molecule has 1 aromatic carbocycles. The van der Waals surface area contributed by atoms with Gasteiger partial charge in [0.15, 0.2) is 0 Å². The summed E-state index contributed by atoms with van der Waals surface area (Å²) in [5, 5.41) is 26.1. The molecule has 10 heteroatoms. The summed E-state index contributed by atoms with van der Waals surface area (Å²) in [6, 6.07) is 12.5. The van der Waals surface area contributed by atoms with E-state index in [0.717, 1.165) is 5.69 Å². The Morgan fingerprint density at radius 2 is 1.70 bits per heavy atom. The summed E-state index contributed by atoms with van der Waals surface area (Å²) in [6.07, 6.45) is 3.32. The summed E-state index contributed by atoms with van der Waals surface area (Å²) in [5.74, 6) is -0.00716. The summed E-state index contributed by atoms with van der Waals surface area (Å²) >= 11 is 0. The van der Waals surface area contributed by atoms with Crippen molar-refractivity contribution in [2.24, 2.45) is 4.99 Å². The molecule has 0 atom stereocenters. The maximum atomic E-state index is 11.4. The Kier molecular flexibility index (Phi) is 15.9. The van der Waals surface area contributed by atoms with E-state index in [4.69, 9.17) is 15.3 Å². The van der Waals surface area contributed by atoms with Crippen LogP contribution in [-0.2, 0) is 28.5 Å². The second-order valence-corrected chi connectivity index (χ2v) is 3.55. The van der Waals surface area contributed by atoms with Crippen LogP contribution in [-0.4, -0.2) is 21.8 Å². The summed E-state index contributed by atoms with van der Waals surface area (Å²) < 4.78 is 0. The number of hydrogen-bond donors (Lipinski definition) is 0. The third-order valence-electron chi connectivity index (χ3n) is 2.13. The molecule has 0 aliphatic carbocycles. The van der Waals surface area contributed by atoms with Crippen LogP contribution in [0.5, 0.6) is 5.75 Å². The minimum Gasteiger partial charge on any atom is -0.872 e. The molecule has 2 rings (SSSR count). The van der Waals surface area contributed by atoms with Crippen molar-refractivity contribution in [1.29, 1.82) is 0 Å². The van der Waals surface area contributed by atoms with Crippen molar-refractivity contribution in [2.75, 3.05) is 0 Å². The van der Waals surface area contributed by atoms with E-state index >= 15 is 0 Å². The van der Waals surface area contributed by atoms with Crippen molar-refractivity contribution in [2.45, 2.75) is 6.54 Å². The maximum absolute atomic E-state index is 11.4. The standard InChI is InChI=1S/C13H12N2O.NO3.Ni.2H2O/c16-13-7-2-1-5-11(13)9-14-10-12-6-3-4-8-15-12;2-1(3)4;;;/h1-9,16H,10H2;;;2*1H2/q;-1;+2;;. The third kappa shape index (κ3) is 11.8. The number of para-hydroxylation sites is 1. The monoisotopic (exact) mass is 368 g/mol. The first kappa shape index (κ1) is 25.4. The van der Waals surface area contributed by atoms with Crippen molar-refractivity contribution in [3.8, 4) is 5.75 Å². The quantitative estimate of drug-likeness (QED) is 0.238. The van der Waals surface area contributed by atoms with Gasteiger partial charge in [-0.15, -0.1) is 5.75 Å². The van der Waals surface area contributed by atoms with Crippen LogP contribution < -0.4 is 5.11 Å². The fraction of sp³-hybridized carbons (Fsp3) is 0.0769. The largest absolute Gasteiger partial charge is 2.00 e. The molecule has 128 valence electrons. The van der Waals surface area contributed by atoms with E-state index in [1.165, 1.54) is 6.07 Å². The van der Waals surface area contributed by atoms with E-state index in [-0.39, 0.29) is 33.2 Å². The molecule has 9 nitrogen and oxygen atoms in total. The van der Waals surface area contributed by atoms with Crippen LogP contribution >= 0.6 is 0 Å². The number of aliphatic imine (C=N–C) groups is 1. The van der Waals surface area contributed by atoms with Gasteiger partial charge in [-0.3, -0.25) is 9.98 Å². The van der Waals surface area contributed by atoms with Crippen molar-refractivity contribution in [3.63, 3.8) is 0 Å². The van der Waals surface area contributed by atoms with Crippen LogP contribution in [0.25, 0.3) is 0 Å². The average molecular weight is 369 g/mol. The molecule has 0 saturated carbocycles. The van der Waals surface area contributed by atoms with Gasteiger partial charge in [-0.05, 0) is 17.7 Å². The van der Waals surface area contributed by atoms with Crippen LogP contribution in [0.15, 0.2) is 53.7 Å². The first-order valence-electron chi connectivity index (χ1n) is 5.57.